The van der Waals surface area contributed by atoms with Crippen LogP contribution in [0.3, 0.4) is 0 Å². The average Bonchev–Trinajstić information content (AvgIpc) is 3.38. The number of hydrogen-bond donors (Lipinski definition) is 4. The second-order valence-corrected chi connectivity index (χ2v) is 16.0. The van der Waals surface area contributed by atoms with Crippen molar-refractivity contribution in [2.75, 3.05) is 6.61 Å². The fourth-order valence-electron chi connectivity index (χ4n) is 11.8. The van der Waals surface area contributed by atoms with Crippen LogP contribution in [0.25, 0.3) is 0 Å². The van der Waals surface area contributed by atoms with Gasteiger partial charge in [0.05, 0.1) is 31.0 Å². The molecule has 1 spiro atoms. The van der Waals surface area contributed by atoms with Crippen LogP contribution < -0.4 is 0 Å². The van der Waals surface area contributed by atoms with Crippen LogP contribution in [0.15, 0.2) is 0 Å². The van der Waals surface area contributed by atoms with Crippen molar-refractivity contribution in [1.29, 1.82) is 0 Å². The van der Waals surface area contributed by atoms with Gasteiger partial charge in [0.25, 0.3) is 0 Å². The van der Waals surface area contributed by atoms with Crippen LogP contribution in [0.1, 0.15) is 92.4 Å². The summed E-state index contributed by atoms with van der Waals surface area (Å²) in [6.45, 7) is 12.1. The monoisotopic (exact) mass is 578 g/mol. The standard InChI is InChI=1S/C33H54O8/c1-16-8-11-33(38-15-16)17(2)26-24(41-33)14-23-21-7-6-19-12-20(34)13-25(32(19,5)22(21)9-10-31(23,26)4)40-30-29(37)28(36)27(35)18(3)39-30/h16-30,34-37H,6-15H2,1-5H3/t16-,17+,18-,19+,20-,21-,22+,23+,24+,25-,26+,27+,28+,29-,30+,31+,32+,33+/m1/s1. The van der Waals surface area contributed by atoms with E-state index in [1.807, 2.05) is 0 Å². The Morgan fingerprint density at radius 1 is 0.805 bits per heavy atom. The van der Waals surface area contributed by atoms with E-state index in [9.17, 15) is 20.4 Å². The molecule has 0 amide bonds. The first kappa shape index (κ1) is 29.4. The first-order valence-electron chi connectivity index (χ1n) is 16.7. The summed E-state index contributed by atoms with van der Waals surface area (Å²) in [5, 5.41) is 42.4. The number of rotatable bonds is 2. The van der Waals surface area contributed by atoms with Gasteiger partial charge in [0.1, 0.15) is 18.3 Å². The fraction of sp³-hybridized carbons (Fsp3) is 1.00. The maximum atomic E-state index is 10.9. The minimum absolute atomic E-state index is 0.162. The van der Waals surface area contributed by atoms with E-state index in [-0.39, 0.29) is 23.0 Å². The summed E-state index contributed by atoms with van der Waals surface area (Å²) in [6.07, 6.45) is 3.16. The summed E-state index contributed by atoms with van der Waals surface area (Å²) in [4.78, 5) is 0. The molecule has 0 bridgehead atoms. The van der Waals surface area contributed by atoms with Gasteiger partial charge in [0.15, 0.2) is 12.1 Å². The van der Waals surface area contributed by atoms with Crippen LogP contribution in [-0.4, -0.2) is 81.8 Å². The summed E-state index contributed by atoms with van der Waals surface area (Å²) in [5.41, 5.74) is 0.0675. The minimum atomic E-state index is -1.33. The Morgan fingerprint density at radius 2 is 1.59 bits per heavy atom. The molecule has 0 aromatic carbocycles. The molecule has 3 saturated heterocycles. The second kappa shape index (κ2) is 10.1. The SMILES string of the molecule is C[C@@H]1CC[C@]2(OC1)O[C@H]1C[C@H]3[C@@H]4CC[C@H]5C[C@@H](O)C[C@@H](O[C@@H]6O[C@H](C)[C@H](O)[C@H](O)[C@H]6O)[C@]5(C)[C@H]4CC[C@]3(C)[C@H]1[C@@H]2C. The Bertz CT molecular complexity index is 984. The molecule has 234 valence electrons. The summed E-state index contributed by atoms with van der Waals surface area (Å²) >= 11 is 0. The molecule has 7 fully saturated rings. The molecule has 4 N–H and O–H groups in total. The molecule has 7 rings (SSSR count). The number of fused-ring (bicyclic) bond motifs is 7. The molecule has 3 heterocycles. The van der Waals surface area contributed by atoms with E-state index in [2.05, 4.69) is 27.7 Å². The van der Waals surface area contributed by atoms with Crippen LogP contribution in [0.2, 0.25) is 0 Å². The van der Waals surface area contributed by atoms with E-state index < -0.39 is 42.6 Å². The molecule has 4 saturated carbocycles. The highest BCUT2D eigenvalue weighted by Crippen LogP contribution is 2.71. The molecule has 0 aromatic heterocycles. The highest BCUT2D eigenvalue weighted by atomic mass is 16.7. The van der Waals surface area contributed by atoms with E-state index in [1.54, 1.807) is 6.92 Å². The zero-order valence-electron chi connectivity index (χ0n) is 25.7. The molecule has 0 aromatic rings. The van der Waals surface area contributed by atoms with Gasteiger partial charge in [-0.15, -0.1) is 0 Å². The Balaban J connectivity index is 1.14. The van der Waals surface area contributed by atoms with Gasteiger partial charge in [0.2, 0.25) is 0 Å². The lowest BCUT2D eigenvalue weighted by Gasteiger charge is -2.63. The van der Waals surface area contributed by atoms with Gasteiger partial charge in [-0.05, 0) is 98.2 Å². The second-order valence-electron chi connectivity index (χ2n) is 16.0. The molecule has 4 aliphatic carbocycles. The first-order chi connectivity index (χ1) is 19.4. The van der Waals surface area contributed by atoms with Gasteiger partial charge in [-0.3, -0.25) is 0 Å². The van der Waals surface area contributed by atoms with Crippen LogP contribution in [0.5, 0.6) is 0 Å². The molecule has 0 unspecified atom stereocenters. The average molecular weight is 579 g/mol. The molecule has 3 aliphatic heterocycles. The van der Waals surface area contributed by atoms with E-state index >= 15 is 0 Å². The van der Waals surface area contributed by atoms with Crippen LogP contribution in [0, 0.1) is 52.3 Å². The molecular weight excluding hydrogens is 524 g/mol. The summed E-state index contributed by atoms with van der Waals surface area (Å²) in [7, 11) is 0. The van der Waals surface area contributed by atoms with Crippen LogP contribution >= 0.6 is 0 Å². The molecular formula is C33H54O8. The smallest absolute Gasteiger partial charge is 0.186 e. The van der Waals surface area contributed by atoms with Crippen molar-refractivity contribution in [1.82, 2.24) is 0 Å². The van der Waals surface area contributed by atoms with E-state index in [0.29, 0.717) is 47.8 Å². The molecule has 18 atom stereocenters. The summed E-state index contributed by atoms with van der Waals surface area (Å²) in [6, 6.07) is 0. The van der Waals surface area contributed by atoms with Crippen molar-refractivity contribution in [2.45, 2.75) is 147 Å². The third-order valence-corrected chi connectivity index (χ3v) is 14.1. The predicted octanol–water partition coefficient (Wildman–Crippen LogP) is 3.62. The van der Waals surface area contributed by atoms with Gasteiger partial charge >= 0.3 is 0 Å². The lowest BCUT2D eigenvalue weighted by atomic mass is 9.43. The fourth-order valence-corrected chi connectivity index (χ4v) is 11.8. The third kappa shape index (κ3) is 4.21. The van der Waals surface area contributed by atoms with Crippen molar-refractivity contribution in [2.24, 2.45) is 52.3 Å². The Labute approximate surface area is 245 Å². The highest BCUT2D eigenvalue weighted by Gasteiger charge is 2.70. The van der Waals surface area contributed by atoms with E-state index in [0.717, 1.165) is 38.7 Å². The van der Waals surface area contributed by atoms with Gasteiger partial charge in [-0.25, -0.2) is 0 Å². The lowest BCUT2D eigenvalue weighted by Crippen LogP contribution is -2.63. The number of aliphatic hydroxyl groups is 4. The Morgan fingerprint density at radius 3 is 2.32 bits per heavy atom. The highest BCUT2D eigenvalue weighted by molar-refractivity contribution is 5.16. The predicted molar refractivity (Wildman–Crippen MR) is 150 cm³/mol. The summed E-state index contributed by atoms with van der Waals surface area (Å²) < 4.78 is 25.9. The van der Waals surface area contributed by atoms with Crippen molar-refractivity contribution < 1.29 is 39.4 Å². The van der Waals surface area contributed by atoms with Crippen molar-refractivity contribution in [3.63, 3.8) is 0 Å². The largest absolute Gasteiger partial charge is 0.393 e. The van der Waals surface area contributed by atoms with Gasteiger partial charge in [0, 0.05) is 18.8 Å². The number of hydrogen-bond acceptors (Lipinski definition) is 8. The van der Waals surface area contributed by atoms with Gasteiger partial charge in [-0.2, -0.15) is 0 Å². The number of aliphatic hydroxyl groups excluding tert-OH is 4. The maximum Gasteiger partial charge on any atom is 0.186 e. The number of ether oxygens (including phenoxy) is 4. The topological polar surface area (TPSA) is 118 Å². The van der Waals surface area contributed by atoms with Crippen molar-refractivity contribution in [3.05, 3.63) is 0 Å². The molecule has 7 aliphatic rings. The molecule has 8 heteroatoms. The first-order valence-corrected chi connectivity index (χ1v) is 16.7. The zero-order valence-corrected chi connectivity index (χ0v) is 25.7. The Hall–Kier alpha value is -0.320. The van der Waals surface area contributed by atoms with E-state index in [4.69, 9.17) is 18.9 Å². The zero-order chi connectivity index (χ0) is 29.1. The molecule has 8 nitrogen and oxygen atoms in total. The quantitative estimate of drug-likeness (QED) is 0.393. The van der Waals surface area contributed by atoms with Crippen LogP contribution in [-0.2, 0) is 18.9 Å². The lowest BCUT2D eigenvalue weighted by molar-refractivity contribution is -0.328. The maximum absolute atomic E-state index is 10.9. The summed E-state index contributed by atoms with van der Waals surface area (Å²) in [5.74, 6) is 3.09. The van der Waals surface area contributed by atoms with Gasteiger partial charge < -0.3 is 39.4 Å². The van der Waals surface area contributed by atoms with Crippen molar-refractivity contribution >= 4 is 0 Å². The normalized spacial score (nSPS) is 62.1. The van der Waals surface area contributed by atoms with E-state index in [1.165, 1.54) is 19.3 Å². The molecule has 0 radical (unpaired) electrons. The minimum Gasteiger partial charge on any atom is -0.393 e. The third-order valence-electron chi connectivity index (χ3n) is 14.1. The van der Waals surface area contributed by atoms with Crippen molar-refractivity contribution in [3.8, 4) is 0 Å². The van der Waals surface area contributed by atoms with Gasteiger partial charge in [-0.1, -0.05) is 27.7 Å². The molecule has 41 heavy (non-hydrogen) atoms. The van der Waals surface area contributed by atoms with Crippen LogP contribution in [0.4, 0.5) is 0 Å². The Kier molecular flexibility index (Phi) is 7.24.